The van der Waals surface area contributed by atoms with Crippen molar-refractivity contribution in [3.8, 4) is 0 Å². The molecule has 3 unspecified atom stereocenters. The van der Waals surface area contributed by atoms with Gasteiger partial charge in [-0.3, -0.25) is 37.3 Å². The van der Waals surface area contributed by atoms with Gasteiger partial charge in [-0.1, -0.05) is 311 Å². The first kappa shape index (κ1) is 88.1. The maximum absolute atomic E-state index is 13.0. The molecule has 0 rings (SSSR count). The van der Waals surface area contributed by atoms with Gasteiger partial charge in [-0.15, -0.1) is 0 Å². The van der Waals surface area contributed by atoms with Crippen LogP contribution in [0.25, 0.3) is 0 Å². The molecule has 19 heteroatoms. The Bertz CT molecular complexity index is 1750. The zero-order valence-corrected chi connectivity index (χ0v) is 60.2. The summed E-state index contributed by atoms with van der Waals surface area (Å²) in [6.07, 6.45) is 48.4. The molecule has 0 fully saturated rings. The van der Waals surface area contributed by atoms with E-state index in [-0.39, 0.29) is 25.7 Å². The van der Waals surface area contributed by atoms with Crippen LogP contribution in [0.2, 0.25) is 0 Å². The van der Waals surface area contributed by atoms with Crippen LogP contribution >= 0.6 is 15.6 Å². The number of carbonyl (C=O) groups excluding carboxylic acids is 4. The van der Waals surface area contributed by atoms with Crippen molar-refractivity contribution < 1.29 is 80.2 Å². The third kappa shape index (κ3) is 63.5. The summed E-state index contributed by atoms with van der Waals surface area (Å²) < 4.78 is 68.3. The van der Waals surface area contributed by atoms with E-state index in [1.54, 1.807) is 0 Å². The fraction of sp³-hybridized carbons (Fsp3) is 0.944. The Kier molecular flexibility index (Phi) is 61.8. The van der Waals surface area contributed by atoms with E-state index in [0.29, 0.717) is 25.7 Å². The summed E-state index contributed by atoms with van der Waals surface area (Å²) in [5, 5.41) is 10.6. The summed E-state index contributed by atoms with van der Waals surface area (Å²) in [7, 11) is -9.90. The fourth-order valence-corrected chi connectivity index (χ4v) is 12.3. The van der Waals surface area contributed by atoms with Crippen LogP contribution in [0.1, 0.15) is 363 Å². The standard InChI is InChI=1S/C71H138O17P2/c1-7-10-12-14-16-18-19-20-21-25-29-36-42-48-54-69(74)82-60-66(87-70(75)55-49-43-37-30-26-23-22-24-28-33-39-45-51-63(4)5)61-85-89(77,78)83-57-65(72)58-84-90(79,80)86-62-67(59-81-68(73)53-47-41-35-27-17-15-13-11-8-2)88-71(76)56-50-44-38-32-31-34-40-46-52-64(6)9-3/h63-67,72H,7-62H2,1-6H3,(H,77,78)(H,79,80)/t64?,65-,66-,67-/m1/s1. The Labute approximate surface area is 549 Å². The molecule has 6 atom stereocenters. The van der Waals surface area contributed by atoms with Crippen molar-refractivity contribution in [1.82, 2.24) is 0 Å². The normalized spacial score (nSPS) is 14.4. The van der Waals surface area contributed by atoms with E-state index in [1.807, 2.05) is 0 Å². The number of aliphatic hydroxyl groups is 1. The van der Waals surface area contributed by atoms with Crippen LogP contribution < -0.4 is 0 Å². The third-order valence-corrected chi connectivity index (χ3v) is 18.7. The molecule has 0 radical (unpaired) electrons. The lowest BCUT2D eigenvalue weighted by molar-refractivity contribution is -0.161. The zero-order valence-electron chi connectivity index (χ0n) is 58.4. The van der Waals surface area contributed by atoms with Crippen molar-refractivity contribution in [2.45, 2.75) is 381 Å². The Morgan fingerprint density at radius 3 is 0.844 bits per heavy atom. The lowest BCUT2D eigenvalue weighted by Gasteiger charge is -2.21. The van der Waals surface area contributed by atoms with E-state index in [9.17, 15) is 43.2 Å². The highest BCUT2D eigenvalue weighted by atomic mass is 31.2. The second-order valence-electron chi connectivity index (χ2n) is 26.3. The van der Waals surface area contributed by atoms with Gasteiger partial charge in [0.1, 0.15) is 19.3 Å². The van der Waals surface area contributed by atoms with Crippen LogP contribution in [0.5, 0.6) is 0 Å². The van der Waals surface area contributed by atoms with Crippen molar-refractivity contribution in [3.63, 3.8) is 0 Å². The number of phosphoric ester groups is 2. The molecule has 534 valence electrons. The van der Waals surface area contributed by atoms with Crippen LogP contribution in [0.15, 0.2) is 0 Å². The van der Waals surface area contributed by atoms with E-state index in [0.717, 1.165) is 102 Å². The lowest BCUT2D eigenvalue weighted by atomic mass is 9.99. The van der Waals surface area contributed by atoms with E-state index in [4.69, 9.17) is 37.0 Å². The zero-order chi connectivity index (χ0) is 66.5. The molecule has 0 saturated heterocycles. The molecule has 0 aromatic carbocycles. The van der Waals surface area contributed by atoms with Crippen molar-refractivity contribution in [3.05, 3.63) is 0 Å². The van der Waals surface area contributed by atoms with Crippen LogP contribution in [0.4, 0.5) is 0 Å². The molecule has 3 N–H and O–H groups in total. The van der Waals surface area contributed by atoms with Gasteiger partial charge in [-0.2, -0.15) is 0 Å². The summed E-state index contributed by atoms with van der Waals surface area (Å²) >= 11 is 0. The second kappa shape index (κ2) is 63.1. The molecule has 0 heterocycles. The smallest absolute Gasteiger partial charge is 0.462 e. The van der Waals surface area contributed by atoms with E-state index in [2.05, 4.69) is 41.5 Å². The van der Waals surface area contributed by atoms with Gasteiger partial charge in [0.25, 0.3) is 0 Å². The number of carbonyl (C=O) groups is 4. The Hall–Kier alpha value is -1.94. The molecule has 0 bridgehead atoms. The van der Waals surface area contributed by atoms with E-state index < -0.39 is 97.5 Å². The molecule has 0 aromatic rings. The highest BCUT2D eigenvalue weighted by Gasteiger charge is 2.30. The number of esters is 4. The minimum Gasteiger partial charge on any atom is -0.462 e. The Morgan fingerprint density at radius 1 is 0.322 bits per heavy atom. The van der Waals surface area contributed by atoms with Gasteiger partial charge >= 0.3 is 39.5 Å². The second-order valence-corrected chi connectivity index (χ2v) is 29.3. The molecule has 0 aromatic heterocycles. The van der Waals surface area contributed by atoms with Crippen LogP contribution in [-0.2, 0) is 65.4 Å². The van der Waals surface area contributed by atoms with Gasteiger partial charge in [0, 0.05) is 25.7 Å². The molecule has 0 aliphatic heterocycles. The van der Waals surface area contributed by atoms with Crippen molar-refractivity contribution in [2.24, 2.45) is 11.8 Å². The van der Waals surface area contributed by atoms with E-state index in [1.165, 1.54) is 180 Å². The molecule has 0 amide bonds. The molecular formula is C71H138O17P2. The molecular weight excluding hydrogens is 1190 g/mol. The largest absolute Gasteiger partial charge is 0.472 e. The van der Waals surface area contributed by atoms with Crippen molar-refractivity contribution in [1.29, 1.82) is 0 Å². The fourth-order valence-electron chi connectivity index (χ4n) is 10.7. The minimum absolute atomic E-state index is 0.105. The average Bonchev–Trinajstić information content (AvgIpc) is 3.44. The van der Waals surface area contributed by atoms with Gasteiger partial charge in [-0.25, -0.2) is 9.13 Å². The first-order valence-electron chi connectivity index (χ1n) is 37.0. The maximum atomic E-state index is 13.0. The van der Waals surface area contributed by atoms with Gasteiger partial charge in [0.05, 0.1) is 26.4 Å². The number of aliphatic hydroxyl groups excluding tert-OH is 1. The minimum atomic E-state index is -4.95. The third-order valence-electron chi connectivity index (χ3n) is 16.8. The van der Waals surface area contributed by atoms with Crippen LogP contribution in [-0.4, -0.2) is 96.7 Å². The van der Waals surface area contributed by atoms with Crippen LogP contribution in [0.3, 0.4) is 0 Å². The molecule has 90 heavy (non-hydrogen) atoms. The summed E-state index contributed by atoms with van der Waals surface area (Å²) in [6.45, 7) is 9.55. The van der Waals surface area contributed by atoms with Gasteiger partial charge in [0.2, 0.25) is 0 Å². The van der Waals surface area contributed by atoms with Crippen molar-refractivity contribution >= 4 is 39.5 Å². The highest BCUT2D eigenvalue weighted by molar-refractivity contribution is 7.47. The molecule has 0 spiro atoms. The number of phosphoric acid groups is 2. The average molecular weight is 1330 g/mol. The summed E-state index contributed by atoms with van der Waals surface area (Å²) in [4.78, 5) is 72.6. The highest BCUT2D eigenvalue weighted by Crippen LogP contribution is 2.45. The molecule has 0 aliphatic carbocycles. The monoisotopic (exact) mass is 1320 g/mol. The summed E-state index contributed by atoms with van der Waals surface area (Å²) in [5.74, 6) is -0.577. The van der Waals surface area contributed by atoms with E-state index >= 15 is 0 Å². The number of hydrogen-bond donors (Lipinski definition) is 3. The predicted octanol–water partition coefficient (Wildman–Crippen LogP) is 20.4. The number of rotatable bonds is 70. The molecule has 17 nitrogen and oxygen atoms in total. The van der Waals surface area contributed by atoms with Gasteiger partial charge in [0.15, 0.2) is 12.2 Å². The number of hydrogen-bond acceptors (Lipinski definition) is 15. The predicted molar refractivity (Wildman–Crippen MR) is 363 cm³/mol. The van der Waals surface area contributed by atoms with Gasteiger partial charge in [-0.05, 0) is 37.5 Å². The quantitative estimate of drug-likeness (QED) is 0.0222. The topological polar surface area (TPSA) is 237 Å². The van der Waals surface area contributed by atoms with Crippen LogP contribution in [0, 0.1) is 11.8 Å². The summed E-state index contributed by atoms with van der Waals surface area (Å²) in [5.41, 5.74) is 0. The maximum Gasteiger partial charge on any atom is 0.472 e. The first-order chi connectivity index (χ1) is 43.4. The van der Waals surface area contributed by atoms with Gasteiger partial charge < -0.3 is 33.8 Å². The van der Waals surface area contributed by atoms with Crippen molar-refractivity contribution in [2.75, 3.05) is 39.6 Å². The lowest BCUT2D eigenvalue weighted by Crippen LogP contribution is -2.30. The number of unbranched alkanes of at least 4 members (excludes halogenated alkanes) is 39. The Balaban J connectivity index is 5.25. The first-order valence-corrected chi connectivity index (χ1v) is 40.0. The molecule has 0 saturated carbocycles. The molecule has 0 aliphatic rings. The number of ether oxygens (including phenoxy) is 4. The Morgan fingerprint density at radius 2 is 0.567 bits per heavy atom. The SMILES string of the molecule is CCCCCCCCCCCCCCCCC(=O)OC[C@H](COP(=O)(O)OC[C@@H](O)COP(=O)(O)OC[C@@H](COC(=O)CCCCCCCCCCC)OC(=O)CCCCCCCCCCC(C)CC)OC(=O)CCCCCCCCCCCCCCC(C)C. The summed E-state index contributed by atoms with van der Waals surface area (Å²) in [6, 6.07) is 0.